The van der Waals surface area contributed by atoms with Gasteiger partial charge in [0.05, 0.1) is 16.8 Å². The number of halogens is 1. The monoisotopic (exact) mass is 370 g/mol. The van der Waals surface area contributed by atoms with Crippen molar-refractivity contribution in [2.45, 2.75) is 13.8 Å². The van der Waals surface area contributed by atoms with Gasteiger partial charge in [0, 0.05) is 16.6 Å². The van der Waals surface area contributed by atoms with Gasteiger partial charge in [0.25, 0.3) is 5.91 Å². The average molecular weight is 370 g/mol. The van der Waals surface area contributed by atoms with E-state index in [1.165, 1.54) is 12.1 Å². The van der Waals surface area contributed by atoms with Gasteiger partial charge in [0.1, 0.15) is 5.82 Å². The van der Waals surface area contributed by atoms with E-state index in [9.17, 15) is 9.18 Å². The molecule has 0 bridgehead atoms. The van der Waals surface area contributed by atoms with Crippen molar-refractivity contribution in [2.24, 2.45) is 0 Å². The summed E-state index contributed by atoms with van der Waals surface area (Å²) in [6.45, 7) is 3.95. The highest BCUT2D eigenvalue weighted by molar-refractivity contribution is 6.13. The third-order valence-corrected chi connectivity index (χ3v) is 4.74. The predicted molar refractivity (Wildman–Crippen MR) is 111 cm³/mol. The van der Waals surface area contributed by atoms with Crippen molar-refractivity contribution in [1.82, 2.24) is 4.98 Å². The van der Waals surface area contributed by atoms with Crippen LogP contribution in [0.4, 0.5) is 10.1 Å². The SMILES string of the molecule is Cc1ccc(C)c(NC(=O)c2cc(-c3ccc(F)cc3)nc3ccccc23)c1. The molecule has 0 saturated heterocycles. The van der Waals surface area contributed by atoms with Crippen LogP contribution in [0.5, 0.6) is 0 Å². The first-order valence-corrected chi connectivity index (χ1v) is 9.05. The number of pyridine rings is 1. The van der Waals surface area contributed by atoms with Gasteiger partial charge in [0.15, 0.2) is 0 Å². The molecule has 0 aliphatic carbocycles. The summed E-state index contributed by atoms with van der Waals surface area (Å²) in [6, 6.07) is 21.4. The standard InChI is InChI=1S/C24H19FN2O/c1-15-7-8-16(2)22(13-15)27-24(28)20-14-23(17-9-11-18(25)12-10-17)26-21-6-4-3-5-19(20)21/h3-14H,1-2H3,(H,27,28). The number of rotatable bonds is 3. The van der Waals surface area contributed by atoms with Crippen LogP contribution >= 0.6 is 0 Å². The van der Waals surface area contributed by atoms with Crippen LogP contribution in [-0.4, -0.2) is 10.9 Å². The number of amides is 1. The zero-order chi connectivity index (χ0) is 19.7. The Kier molecular flexibility index (Phi) is 4.62. The van der Waals surface area contributed by atoms with Crippen molar-refractivity contribution >= 4 is 22.5 Å². The molecule has 0 spiro atoms. The molecule has 1 N–H and O–H groups in total. The Bertz CT molecular complexity index is 1180. The van der Waals surface area contributed by atoms with Gasteiger partial charge in [-0.2, -0.15) is 0 Å². The van der Waals surface area contributed by atoms with Crippen molar-refractivity contribution in [3.8, 4) is 11.3 Å². The first-order chi connectivity index (χ1) is 13.5. The Morgan fingerprint density at radius 1 is 0.929 bits per heavy atom. The second-order valence-electron chi connectivity index (χ2n) is 6.85. The molecule has 4 aromatic rings. The molecule has 0 fully saturated rings. The highest BCUT2D eigenvalue weighted by Gasteiger charge is 2.15. The first kappa shape index (κ1) is 17.9. The molecule has 0 saturated carbocycles. The fraction of sp³-hybridized carbons (Fsp3) is 0.0833. The van der Waals surface area contributed by atoms with Crippen LogP contribution < -0.4 is 5.32 Å². The minimum atomic E-state index is -0.308. The largest absolute Gasteiger partial charge is 0.322 e. The van der Waals surface area contributed by atoms with E-state index >= 15 is 0 Å². The number of hydrogen-bond donors (Lipinski definition) is 1. The number of nitrogens with one attached hydrogen (secondary N) is 1. The second kappa shape index (κ2) is 7.24. The average Bonchev–Trinajstić information content (AvgIpc) is 2.70. The minimum Gasteiger partial charge on any atom is -0.322 e. The zero-order valence-electron chi connectivity index (χ0n) is 15.7. The summed E-state index contributed by atoms with van der Waals surface area (Å²) >= 11 is 0. The molecule has 0 aliphatic rings. The molecule has 0 radical (unpaired) electrons. The van der Waals surface area contributed by atoms with Crippen molar-refractivity contribution in [3.63, 3.8) is 0 Å². The fourth-order valence-corrected chi connectivity index (χ4v) is 3.19. The van der Waals surface area contributed by atoms with Crippen LogP contribution in [0.2, 0.25) is 0 Å². The van der Waals surface area contributed by atoms with Crippen molar-refractivity contribution in [3.05, 3.63) is 95.3 Å². The van der Waals surface area contributed by atoms with Crippen LogP contribution in [0.1, 0.15) is 21.5 Å². The maximum absolute atomic E-state index is 13.3. The molecular weight excluding hydrogens is 351 g/mol. The lowest BCUT2D eigenvalue weighted by Crippen LogP contribution is -2.14. The minimum absolute atomic E-state index is 0.198. The number of aryl methyl sites for hydroxylation is 2. The third kappa shape index (κ3) is 3.49. The number of hydrogen-bond acceptors (Lipinski definition) is 2. The number of nitrogens with zero attached hydrogens (tertiary/aromatic N) is 1. The Hall–Kier alpha value is -3.53. The smallest absolute Gasteiger partial charge is 0.256 e. The maximum Gasteiger partial charge on any atom is 0.256 e. The van der Waals surface area contributed by atoms with Crippen LogP contribution in [-0.2, 0) is 0 Å². The summed E-state index contributed by atoms with van der Waals surface area (Å²) in [6.07, 6.45) is 0. The van der Waals surface area contributed by atoms with E-state index < -0.39 is 0 Å². The highest BCUT2D eigenvalue weighted by atomic mass is 19.1. The number of aromatic nitrogens is 1. The van der Waals surface area contributed by atoms with Crippen molar-refractivity contribution < 1.29 is 9.18 Å². The van der Waals surface area contributed by atoms with E-state index in [1.54, 1.807) is 18.2 Å². The molecular formula is C24H19FN2O. The number of benzene rings is 3. The van der Waals surface area contributed by atoms with Gasteiger partial charge in [-0.25, -0.2) is 9.37 Å². The van der Waals surface area contributed by atoms with E-state index in [4.69, 9.17) is 0 Å². The van der Waals surface area contributed by atoms with E-state index in [0.717, 1.165) is 33.3 Å². The molecule has 1 heterocycles. The van der Waals surface area contributed by atoms with Crippen LogP contribution in [0, 0.1) is 19.7 Å². The summed E-state index contributed by atoms with van der Waals surface area (Å²) in [5, 5.41) is 3.79. The Balaban J connectivity index is 1.81. The third-order valence-electron chi connectivity index (χ3n) is 4.74. The zero-order valence-corrected chi connectivity index (χ0v) is 15.7. The number of anilines is 1. The quantitative estimate of drug-likeness (QED) is 0.487. The van der Waals surface area contributed by atoms with Gasteiger partial charge in [-0.15, -0.1) is 0 Å². The Morgan fingerprint density at radius 3 is 2.46 bits per heavy atom. The van der Waals surface area contributed by atoms with E-state index in [1.807, 2.05) is 56.3 Å². The summed E-state index contributed by atoms with van der Waals surface area (Å²) in [4.78, 5) is 17.8. The second-order valence-corrected chi connectivity index (χ2v) is 6.85. The lowest BCUT2D eigenvalue weighted by atomic mass is 10.0. The normalized spacial score (nSPS) is 10.8. The molecule has 0 unspecified atom stereocenters. The Morgan fingerprint density at radius 2 is 1.68 bits per heavy atom. The maximum atomic E-state index is 13.3. The Labute approximate surface area is 162 Å². The van der Waals surface area contributed by atoms with Crippen molar-refractivity contribution in [1.29, 1.82) is 0 Å². The molecule has 138 valence electrons. The molecule has 4 heteroatoms. The first-order valence-electron chi connectivity index (χ1n) is 9.05. The number of para-hydroxylation sites is 1. The van der Waals surface area contributed by atoms with Gasteiger partial charge in [0.2, 0.25) is 0 Å². The topological polar surface area (TPSA) is 42.0 Å². The molecule has 1 aromatic heterocycles. The molecule has 4 rings (SSSR count). The van der Waals surface area contributed by atoms with Gasteiger partial charge < -0.3 is 5.32 Å². The summed E-state index contributed by atoms with van der Waals surface area (Å²) in [5.74, 6) is -0.506. The molecule has 3 nitrogen and oxygen atoms in total. The number of carbonyl (C=O) groups excluding carboxylic acids is 1. The fourth-order valence-electron chi connectivity index (χ4n) is 3.19. The summed E-state index contributed by atoms with van der Waals surface area (Å²) in [5.41, 5.74) is 5.50. The van der Waals surface area contributed by atoms with Crippen LogP contribution in [0.15, 0.2) is 72.8 Å². The number of carbonyl (C=O) groups is 1. The van der Waals surface area contributed by atoms with Crippen LogP contribution in [0.3, 0.4) is 0 Å². The van der Waals surface area contributed by atoms with Gasteiger partial charge >= 0.3 is 0 Å². The molecule has 0 atom stereocenters. The van der Waals surface area contributed by atoms with E-state index in [0.29, 0.717) is 11.3 Å². The van der Waals surface area contributed by atoms with Gasteiger partial charge in [-0.1, -0.05) is 30.3 Å². The molecule has 28 heavy (non-hydrogen) atoms. The molecule has 3 aromatic carbocycles. The lowest BCUT2D eigenvalue weighted by Gasteiger charge is -2.12. The molecule has 0 aliphatic heterocycles. The van der Waals surface area contributed by atoms with Gasteiger partial charge in [-0.3, -0.25) is 4.79 Å². The van der Waals surface area contributed by atoms with Gasteiger partial charge in [-0.05, 0) is 67.4 Å². The van der Waals surface area contributed by atoms with E-state index in [-0.39, 0.29) is 11.7 Å². The highest BCUT2D eigenvalue weighted by Crippen LogP contribution is 2.26. The number of fused-ring (bicyclic) bond motifs is 1. The predicted octanol–water partition coefficient (Wildman–Crippen LogP) is 5.91. The van der Waals surface area contributed by atoms with Crippen LogP contribution in [0.25, 0.3) is 22.2 Å². The lowest BCUT2D eigenvalue weighted by molar-refractivity contribution is 0.102. The van der Waals surface area contributed by atoms with E-state index in [2.05, 4.69) is 10.3 Å². The van der Waals surface area contributed by atoms with Crippen molar-refractivity contribution in [2.75, 3.05) is 5.32 Å². The summed E-state index contributed by atoms with van der Waals surface area (Å²) in [7, 11) is 0. The molecule has 1 amide bonds. The summed E-state index contributed by atoms with van der Waals surface area (Å²) < 4.78 is 13.3.